The molecule has 1 atom stereocenters. The minimum absolute atomic E-state index is 0.348. The largest absolute Gasteiger partial charge is 0.453 e. The molecule has 0 radical (unpaired) electrons. The van der Waals surface area contributed by atoms with Crippen molar-refractivity contribution >= 4 is 12.6 Å². The van der Waals surface area contributed by atoms with Crippen LogP contribution in [0.15, 0.2) is 12.7 Å². The summed E-state index contributed by atoms with van der Waals surface area (Å²) in [6.07, 6.45) is -5.85. The summed E-state index contributed by atoms with van der Waals surface area (Å²) in [5, 5.41) is -0.631. The molecule has 78 valence electrons. The van der Waals surface area contributed by atoms with Crippen LogP contribution in [0.5, 0.6) is 0 Å². The highest BCUT2D eigenvalue weighted by atomic mass is 32.1. The lowest BCUT2D eigenvalue weighted by molar-refractivity contribution is -0.284. The fourth-order valence-corrected chi connectivity index (χ4v) is 0.718. The van der Waals surface area contributed by atoms with E-state index in [9.17, 15) is 22.0 Å². The first-order valence-electron chi connectivity index (χ1n) is 3.46. The maximum absolute atomic E-state index is 12.2. The number of halogens is 5. The molecule has 0 amide bonds. The van der Waals surface area contributed by atoms with E-state index in [2.05, 4.69) is 19.2 Å². The second-order valence-corrected chi connectivity index (χ2v) is 3.21. The van der Waals surface area contributed by atoms with Crippen LogP contribution >= 0.6 is 12.6 Å². The molecule has 6 heteroatoms. The Morgan fingerprint density at radius 2 is 1.69 bits per heavy atom. The average Bonchev–Trinajstić information content (AvgIpc) is 1.98. The topological polar surface area (TPSA) is 0 Å². The molecule has 0 saturated heterocycles. The van der Waals surface area contributed by atoms with Crippen molar-refractivity contribution in [2.75, 3.05) is 0 Å². The van der Waals surface area contributed by atoms with Gasteiger partial charge in [0.25, 0.3) is 0 Å². The smallest absolute Gasteiger partial charge is 0.196 e. The highest BCUT2D eigenvalue weighted by Crippen LogP contribution is 2.39. The van der Waals surface area contributed by atoms with E-state index < -0.39 is 23.8 Å². The Bertz CT molecular complexity index is 174. The van der Waals surface area contributed by atoms with Crippen molar-refractivity contribution in [2.45, 2.75) is 30.2 Å². The van der Waals surface area contributed by atoms with E-state index in [4.69, 9.17) is 0 Å². The monoisotopic (exact) mass is 220 g/mol. The molecule has 0 spiro atoms. The van der Waals surface area contributed by atoms with Crippen LogP contribution in [-0.2, 0) is 0 Å². The summed E-state index contributed by atoms with van der Waals surface area (Å²) in [5.41, 5.74) is 0. The minimum Gasteiger partial charge on any atom is -0.196 e. The second kappa shape index (κ2) is 4.30. The molecule has 0 aliphatic rings. The summed E-state index contributed by atoms with van der Waals surface area (Å²) >= 11 is 3.72. The number of hydrogen-bond acceptors (Lipinski definition) is 1. The lowest BCUT2D eigenvalue weighted by Crippen LogP contribution is -2.36. The lowest BCUT2D eigenvalue weighted by Gasteiger charge is -2.19. The van der Waals surface area contributed by atoms with Gasteiger partial charge < -0.3 is 0 Å². The van der Waals surface area contributed by atoms with Gasteiger partial charge in [0.2, 0.25) is 0 Å². The molecule has 0 rings (SSSR count). The van der Waals surface area contributed by atoms with E-state index in [0.717, 1.165) is 0 Å². The predicted octanol–water partition coefficient (Wildman–Crippen LogP) is 3.45. The molecule has 0 heterocycles. The van der Waals surface area contributed by atoms with Crippen LogP contribution in [0.1, 0.15) is 12.8 Å². The molecule has 0 aliphatic carbocycles. The van der Waals surface area contributed by atoms with E-state index in [-0.39, 0.29) is 6.42 Å². The molecule has 0 aliphatic heterocycles. The minimum atomic E-state index is -5.47. The quantitative estimate of drug-likeness (QED) is 0.418. The Labute approximate surface area is 78.2 Å². The van der Waals surface area contributed by atoms with Gasteiger partial charge in [0.15, 0.2) is 0 Å². The first-order chi connectivity index (χ1) is 5.70. The molecular formula is C7H9F5S. The maximum atomic E-state index is 12.2. The average molecular weight is 220 g/mol. The van der Waals surface area contributed by atoms with E-state index in [0.29, 0.717) is 0 Å². The molecule has 0 nitrogen and oxygen atoms in total. The van der Waals surface area contributed by atoms with Gasteiger partial charge in [-0.15, -0.1) is 6.58 Å². The van der Waals surface area contributed by atoms with Crippen LogP contribution in [0.3, 0.4) is 0 Å². The van der Waals surface area contributed by atoms with E-state index >= 15 is 0 Å². The van der Waals surface area contributed by atoms with Gasteiger partial charge in [-0.2, -0.15) is 34.6 Å². The van der Waals surface area contributed by atoms with Crippen molar-refractivity contribution in [1.82, 2.24) is 0 Å². The first-order valence-corrected chi connectivity index (χ1v) is 3.97. The van der Waals surface area contributed by atoms with E-state index in [1.54, 1.807) is 0 Å². The van der Waals surface area contributed by atoms with Crippen molar-refractivity contribution in [2.24, 2.45) is 0 Å². The lowest BCUT2D eigenvalue weighted by atomic mass is 10.1. The van der Waals surface area contributed by atoms with Crippen molar-refractivity contribution < 1.29 is 22.0 Å². The molecule has 0 bridgehead atoms. The Morgan fingerprint density at radius 1 is 1.23 bits per heavy atom. The molecule has 0 N–H and O–H groups in total. The van der Waals surface area contributed by atoms with Gasteiger partial charge >= 0.3 is 12.1 Å². The van der Waals surface area contributed by atoms with Crippen molar-refractivity contribution in [3.05, 3.63) is 12.7 Å². The highest BCUT2D eigenvalue weighted by Gasteiger charge is 2.56. The van der Waals surface area contributed by atoms with Gasteiger partial charge in [-0.1, -0.05) is 6.08 Å². The van der Waals surface area contributed by atoms with Crippen molar-refractivity contribution in [1.29, 1.82) is 0 Å². The Balaban J connectivity index is 4.11. The SMILES string of the molecule is C=CC(S)CCC(F)(F)C(F)(F)F. The number of hydrogen-bond donors (Lipinski definition) is 1. The van der Waals surface area contributed by atoms with Crippen LogP contribution in [0.2, 0.25) is 0 Å². The van der Waals surface area contributed by atoms with Crippen LogP contribution in [0, 0.1) is 0 Å². The molecule has 0 aromatic carbocycles. The van der Waals surface area contributed by atoms with Gasteiger partial charge in [0.1, 0.15) is 0 Å². The number of thiol groups is 1. The summed E-state index contributed by atoms with van der Waals surface area (Å²) < 4.78 is 59.2. The van der Waals surface area contributed by atoms with Gasteiger partial charge in [-0.3, -0.25) is 0 Å². The third-order valence-corrected chi connectivity index (χ3v) is 1.91. The fraction of sp³-hybridized carbons (Fsp3) is 0.714. The van der Waals surface area contributed by atoms with Crippen LogP contribution in [0.4, 0.5) is 22.0 Å². The molecule has 1 unspecified atom stereocenters. The number of rotatable bonds is 4. The predicted molar refractivity (Wildman–Crippen MR) is 43.2 cm³/mol. The van der Waals surface area contributed by atoms with E-state index in [1.807, 2.05) is 0 Å². The summed E-state index contributed by atoms with van der Waals surface area (Å²) in [7, 11) is 0. The molecule has 0 aromatic heterocycles. The second-order valence-electron chi connectivity index (χ2n) is 2.54. The third kappa shape index (κ3) is 3.97. The molecule has 13 heavy (non-hydrogen) atoms. The van der Waals surface area contributed by atoms with E-state index in [1.165, 1.54) is 6.08 Å². The highest BCUT2D eigenvalue weighted by molar-refractivity contribution is 7.81. The summed E-state index contributed by atoms with van der Waals surface area (Å²) in [6, 6.07) is 0. The summed E-state index contributed by atoms with van der Waals surface area (Å²) in [6.45, 7) is 3.22. The van der Waals surface area contributed by atoms with Gasteiger partial charge in [-0.25, -0.2) is 0 Å². The van der Waals surface area contributed by atoms with Crippen LogP contribution < -0.4 is 0 Å². The molecular weight excluding hydrogens is 211 g/mol. The Hall–Kier alpha value is -0.260. The van der Waals surface area contributed by atoms with Gasteiger partial charge in [-0.05, 0) is 6.42 Å². The van der Waals surface area contributed by atoms with Crippen LogP contribution in [-0.4, -0.2) is 17.3 Å². The zero-order valence-electron chi connectivity index (χ0n) is 6.61. The first kappa shape index (κ1) is 12.7. The third-order valence-electron chi connectivity index (χ3n) is 1.44. The van der Waals surface area contributed by atoms with Crippen LogP contribution in [0.25, 0.3) is 0 Å². The molecule has 0 aromatic rings. The van der Waals surface area contributed by atoms with Crippen molar-refractivity contribution in [3.63, 3.8) is 0 Å². The zero-order valence-corrected chi connectivity index (χ0v) is 7.51. The normalized spacial score (nSPS) is 15.5. The zero-order chi connectivity index (χ0) is 10.7. The standard InChI is InChI=1S/C7H9F5S/c1-2-5(13)3-4-6(8,9)7(10,11)12/h2,5,13H,1,3-4H2. The van der Waals surface area contributed by atoms with Gasteiger partial charge in [0.05, 0.1) is 0 Å². The Kier molecular flexibility index (Phi) is 4.22. The summed E-state index contributed by atoms with van der Waals surface area (Å²) in [4.78, 5) is 0. The van der Waals surface area contributed by atoms with Crippen molar-refractivity contribution in [3.8, 4) is 0 Å². The number of alkyl halides is 5. The molecule has 0 saturated carbocycles. The van der Waals surface area contributed by atoms with Gasteiger partial charge in [0, 0.05) is 11.7 Å². The molecule has 0 fully saturated rings. The fourth-order valence-electron chi connectivity index (χ4n) is 0.589. The summed E-state index contributed by atoms with van der Waals surface area (Å²) in [5.74, 6) is -4.63. The Morgan fingerprint density at radius 3 is 2.00 bits per heavy atom. The maximum Gasteiger partial charge on any atom is 0.453 e.